The molecule has 0 unspecified atom stereocenters. The van der Waals surface area contributed by atoms with Gasteiger partial charge in [-0.1, -0.05) is 13.8 Å². The molecule has 2 N–H and O–H groups in total. The minimum absolute atomic E-state index is 0.0142. The van der Waals surface area contributed by atoms with Crippen LogP contribution in [0.4, 0.5) is 5.69 Å². The van der Waals surface area contributed by atoms with Gasteiger partial charge in [-0.3, -0.25) is 4.79 Å². The Labute approximate surface area is 139 Å². The molecule has 24 heavy (non-hydrogen) atoms. The zero-order chi connectivity index (χ0) is 17.7. The highest BCUT2D eigenvalue weighted by molar-refractivity contribution is 5.94. The number of nitrogens with zero attached hydrogens (tertiary/aromatic N) is 1. The van der Waals surface area contributed by atoms with Gasteiger partial charge in [0.25, 0.3) is 0 Å². The SMILES string of the molecule is CC(C)C(=O)Nc1ccc(C(=O)Oc2cc(O)ccc2C#N)cc1. The van der Waals surface area contributed by atoms with Crippen LogP contribution in [0.2, 0.25) is 0 Å². The molecule has 1 amide bonds. The van der Waals surface area contributed by atoms with Gasteiger partial charge in [0.1, 0.15) is 11.8 Å². The van der Waals surface area contributed by atoms with E-state index in [4.69, 9.17) is 10.00 Å². The Morgan fingerprint density at radius 3 is 2.42 bits per heavy atom. The Morgan fingerprint density at radius 2 is 1.83 bits per heavy atom. The van der Waals surface area contributed by atoms with Gasteiger partial charge in [-0.25, -0.2) is 4.79 Å². The van der Waals surface area contributed by atoms with Gasteiger partial charge in [-0.15, -0.1) is 0 Å². The van der Waals surface area contributed by atoms with E-state index in [2.05, 4.69) is 5.32 Å². The number of hydrogen-bond acceptors (Lipinski definition) is 5. The lowest BCUT2D eigenvalue weighted by atomic mass is 10.1. The van der Waals surface area contributed by atoms with Crippen LogP contribution in [0.1, 0.15) is 29.8 Å². The average Bonchev–Trinajstić information content (AvgIpc) is 2.55. The number of amides is 1. The molecule has 0 aromatic heterocycles. The molecule has 0 fully saturated rings. The van der Waals surface area contributed by atoms with Crippen molar-refractivity contribution in [3.05, 3.63) is 53.6 Å². The van der Waals surface area contributed by atoms with E-state index < -0.39 is 5.97 Å². The van der Waals surface area contributed by atoms with Gasteiger partial charge in [0.05, 0.1) is 11.1 Å². The Bertz CT molecular complexity index is 805. The fourth-order valence-corrected chi connectivity index (χ4v) is 1.82. The highest BCUT2D eigenvalue weighted by Crippen LogP contribution is 2.24. The van der Waals surface area contributed by atoms with E-state index in [0.717, 1.165) is 0 Å². The van der Waals surface area contributed by atoms with Crippen LogP contribution in [0.3, 0.4) is 0 Å². The molecule has 0 saturated heterocycles. The molecule has 2 aromatic carbocycles. The average molecular weight is 324 g/mol. The summed E-state index contributed by atoms with van der Waals surface area (Å²) in [4.78, 5) is 23.8. The molecule has 0 radical (unpaired) electrons. The summed E-state index contributed by atoms with van der Waals surface area (Å²) < 4.78 is 5.15. The maximum absolute atomic E-state index is 12.1. The lowest BCUT2D eigenvalue weighted by Gasteiger charge is -2.09. The summed E-state index contributed by atoms with van der Waals surface area (Å²) in [6.07, 6.45) is 0. The van der Waals surface area contributed by atoms with Crippen LogP contribution in [0, 0.1) is 17.2 Å². The van der Waals surface area contributed by atoms with Crippen LogP contribution in [-0.4, -0.2) is 17.0 Å². The lowest BCUT2D eigenvalue weighted by Crippen LogP contribution is -2.17. The molecule has 0 saturated carbocycles. The van der Waals surface area contributed by atoms with E-state index in [1.165, 1.54) is 30.3 Å². The number of carbonyl (C=O) groups excluding carboxylic acids is 2. The Balaban J connectivity index is 2.12. The van der Waals surface area contributed by atoms with E-state index in [0.29, 0.717) is 5.69 Å². The molecule has 122 valence electrons. The van der Waals surface area contributed by atoms with Gasteiger partial charge in [-0.2, -0.15) is 5.26 Å². The van der Waals surface area contributed by atoms with Crippen molar-refractivity contribution in [2.45, 2.75) is 13.8 Å². The molecule has 6 heteroatoms. The standard InChI is InChI=1S/C18H16N2O4/c1-11(2)17(22)20-14-6-3-12(4-7-14)18(23)24-16-9-15(21)8-5-13(16)10-19/h3-9,11,21H,1-2H3,(H,20,22). The molecular formula is C18H16N2O4. The van der Waals surface area contributed by atoms with Crippen LogP contribution in [0.25, 0.3) is 0 Å². The fraction of sp³-hybridized carbons (Fsp3) is 0.167. The van der Waals surface area contributed by atoms with Crippen molar-refractivity contribution in [3.8, 4) is 17.6 Å². The first kappa shape index (κ1) is 17.0. The third-order valence-electron chi connectivity index (χ3n) is 3.20. The molecule has 0 aliphatic heterocycles. The van der Waals surface area contributed by atoms with Crippen LogP contribution < -0.4 is 10.1 Å². The first-order chi connectivity index (χ1) is 11.4. The Kier molecular flexibility index (Phi) is 5.17. The highest BCUT2D eigenvalue weighted by Gasteiger charge is 2.13. The van der Waals surface area contributed by atoms with E-state index in [-0.39, 0.29) is 34.5 Å². The van der Waals surface area contributed by atoms with Gasteiger partial charge < -0.3 is 15.2 Å². The third kappa shape index (κ3) is 4.11. The molecule has 2 aromatic rings. The van der Waals surface area contributed by atoms with E-state index >= 15 is 0 Å². The van der Waals surface area contributed by atoms with Gasteiger partial charge in [0.2, 0.25) is 5.91 Å². The van der Waals surface area contributed by atoms with Gasteiger partial charge in [0, 0.05) is 17.7 Å². The zero-order valence-corrected chi connectivity index (χ0v) is 13.2. The second kappa shape index (κ2) is 7.29. The van der Waals surface area contributed by atoms with Crippen molar-refractivity contribution in [3.63, 3.8) is 0 Å². The van der Waals surface area contributed by atoms with Crippen LogP contribution in [-0.2, 0) is 4.79 Å². The molecule has 0 aliphatic rings. The first-order valence-corrected chi connectivity index (χ1v) is 7.27. The lowest BCUT2D eigenvalue weighted by molar-refractivity contribution is -0.118. The normalized spacial score (nSPS) is 10.1. The number of esters is 1. The fourth-order valence-electron chi connectivity index (χ4n) is 1.82. The minimum atomic E-state index is -0.668. The maximum Gasteiger partial charge on any atom is 0.343 e. The summed E-state index contributed by atoms with van der Waals surface area (Å²) in [6.45, 7) is 3.56. The largest absolute Gasteiger partial charge is 0.508 e. The van der Waals surface area contributed by atoms with Gasteiger partial charge >= 0.3 is 5.97 Å². The summed E-state index contributed by atoms with van der Waals surface area (Å²) in [5.41, 5.74) is 0.965. The Hall–Kier alpha value is -3.33. The molecule has 0 bridgehead atoms. The summed E-state index contributed by atoms with van der Waals surface area (Å²) in [5.74, 6) is -1.06. The topological polar surface area (TPSA) is 99.4 Å². The van der Waals surface area contributed by atoms with Crippen molar-refractivity contribution in [1.29, 1.82) is 5.26 Å². The molecule has 0 aliphatic carbocycles. The van der Waals surface area contributed by atoms with Crippen LogP contribution in [0.5, 0.6) is 11.5 Å². The first-order valence-electron chi connectivity index (χ1n) is 7.27. The molecule has 0 heterocycles. The summed E-state index contributed by atoms with van der Waals surface area (Å²) in [6, 6.07) is 12.0. The number of rotatable bonds is 4. The molecule has 0 atom stereocenters. The minimum Gasteiger partial charge on any atom is -0.508 e. The van der Waals surface area contributed by atoms with E-state index in [9.17, 15) is 14.7 Å². The monoisotopic (exact) mass is 324 g/mol. The summed E-state index contributed by atoms with van der Waals surface area (Å²) >= 11 is 0. The number of nitriles is 1. The Morgan fingerprint density at radius 1 is 1.17 bits per heavy atom. The zero-order valence-electron chi connectivity index (χ0n) is 13.2. The van der Waals surface area contributed by atoms with Crippen LogP contribution >= 0.6 is 0 Å². The van der Waals surface area contributed by atoms with Crippen molar-refractivity contribution >= 4 is 17.6 Å². The second-order valence-electron chi connectivity index (χ2n) is 5.40. The second-order valence-corrected chi connectivity index (χ2v) is 5.40. The molecule has 2 rings (SSSR count). The number of aromatic hydroxyl groups is 1. The number of ether oxygens (including phenoxy) is 1. The number of phenolic OH excluding ortho intramolecular Hbond substituents is 1. The smallest absolute Gasteiger partial charge is 0.343 e. The van der Waals surface area contributed by atoms with Gasteiger partial charge in [-0.05, 0) is 36.4 Å². The maximum atomic E-state index is 12.1. The number of anilines is 1. The van der Waals surface area contributed by atoms with Gasteiger partial charge in [0.15, 0.2) is 5.75 Å². The number of hydrogen-bond donors (Lipinski definition) is 2. The van der Waals surface area contributed by atoms with Crippen molar-refractivity contribution in [2.75, 3.05) is 5.32 Å². The number of nitrogens with one attached hydrogen (secondary N) is 1. The van der Waals surface area contributed by atoms with E-state index in [1.807, 2.05) is 6.07 Å². The third-order valence-corrected chi connectivity index (χ3v) is 3.20. The number of carbonyl (C=O) groups is 2. The predicted molar refractivity (Wildman–Crippen MR) is 87.7 cm³/mol. The number of benzene rings is 2. The number of phenols is 1. The van der Waals surface area contributed by atoms with Crippen molar-refractivity contribution < 1.29 is 19.4 Å². The molecular weight excluding hydrogens is 308 g/mol. The van der Waals surface area contributed by atoms with Crippen molar-refractivity contribution in [1.82, 2.24) is 0 Å². The predicted octanol–water partition coefficient (Wildman–Crippen LogP) is 3.08. The summed E-state index contributed by atoms with van der Waals surface area (Å²) in [5, 5.41) is 21.2. The molecule has 6 nitrogen and oxygen atoms in total. The highest BCUT2D eigenvalue weighted by atomic mass is 16.5. The quantitative estimate of drug-likeness (QED) is 0.665. The summed E-state index contributed by atoms with van der Waals surface area (Å²) in [7, 11) is 0. The van der Waals surface area contributed by atoms with E-state index in [1.54, 1.807) is 26.0 Å². The van der Waals surface area contributed by atoms with Crippen molar-refractivity contribution in [2.24, 2.45) is 5.92 Å². The molecule has 0 spiro atoms. The van der Waals surface area contributed by atoms with Crippen LogP contribution in [0.15, 0.2) is 42.5 Å².